The van der Waals surface area contributed by atoms with Gasteiger partial charge in [0.25, 0.3) is 0 Å². The first-order chi connectivity index (χ1) is 8.22. The second-order valence-electron chi connectivity index (χ2n) is 4.29. The summed E-state index contributed by atoms with van der Waals surface area (Å²) in [4.78, 5) is 6.62. The van der Waals surface area contributed by atoms with Crippen LogP contribution in [0.15, 0.2) is 30.3 Å². The maximum atomic E-state index is 9.77. The smallest absolute Gasteiger partial charge is 0.141 e. The van der Waals surface area contributed by atoms with Crippen LogP contribution >= 0.6 is 0 Å². The lowest BCUT2D eigenvalue weighted by Crippen LogP contribution is -2.19. The van der Waals surface area contributed by atoms with Crippen LogP contribution in [0.5, 0.6) is 5.75 Å². The normalized spacial score (nSPS) is 10.7. The van der Waals surface area contributed by atoms with E-state index in [0.717, 1.165) is 24.2 Å². The van der Waals surface area contributed by atoms with E-state index in [2.05, 4.69) is 16.8 Å². The molecular weight excluding hydrogens is 212 g/mol. The van der Waals surface area contributed by atoms with Gasteiger partial charge in [0.15, 0.2) is 0 Å². The molecule has 2 aromatic rings. The predicted octanol–water partition coefficient (Wildman–Crippen LogP) is 3.18. The maximum Gasteiger partial charge on any atom is 0.141 e. The van der Waals surface area contributed by atoms with Gasteiger partial charge in [-0.1, -0.05) is 25.5 Å². The molecule has 1 N–H and O–H groups in total. The number of aromatic hydroxyl groups is 1. The minimum Gasteiger partial charge on any atom is -0.506 e. The molecule has 0 fully saturated rings. The molecule has 0 radical (unpaired) electrons. The molecule has 0 saturated heterocycles. The Balaban J connectivity index is 2.33. The van der Waals surface area contributed by atoms with Gasteiger partial charge < -0.3 is 10.0 Å². The molecule has 0 aliphatic carbocycles. The number of phenolic OH excluding ortho intramolecular Hbond substituents is 1. The van der Waals surface area contributed by atoms with Crippen molar-refractivity contribution in [1.29, 1.82) is 0 Å². The van der Waals surface area contributed by atoms with Crippen molar-refractivity contribution in [2.24, 2.45) is 0 Å². The van der Waals surface area contributed by atoms with Crippen molar-refractivity contribution in [1.82, 2.24) is 4.98 Å². The number of para-hydroxylation sites is 1. The van der Waals surface area contributed by atoms with Gasteiger partial charge in [0.2, 0.25) is 0 Å². The Morgan fingerprint density at radius 3 is 2.82 bits per heavy atom. The van der Waals surface area contributed by atoms with Crippen LogP contribution in [0.2, 0.25) is 0 Å². The van der Waals surface area contributed by atoms with E-state index < -0.39 is 0 Å². The number of unbranched alkanes of at least 4 members (excludes halogenated alkanes) is 1. The average molecular weight is 230 g/mol. The van der Waals surface area contributed by atoms with Gasteiger partial charge in [-0.25, -0.2) is 4.98 Å². The van der Waals surface area contributed by atoms with Crippen LogP contribution in [0.3, 0.4) is 0 Å². The van der Waals surface area contributed by atoms with E-state index in [1.165, 1.54) is 6.42 Å². The van der Waals surface area contributed by atoms with Crippen LogP contribution in [0.25, 0.3) is 10.9 Å². The summed E-state index contributed by atoms with van der Waals surface area (Å²) < 4.78 is 0. The zero-order valence-electron chi connectivity index (χ0n) is 10.3. The molecule has 17 heavy (non-hydrogen) atoms. The lowest BCUT2D eigenvalue weighted by Gasteiger charge is -2.18. The summed E-state index contributed by atoms with van der Waals surface area (Å²) >= 11 is 0. The highest BCUT2D eigenvalue weighted by Crippen LogP contribution is 2.24. The van der Waals surface area contributed by atoms with Crippen LogP contribution < -0.4 is 4.90 Å². The molecule has 0 bridgehead atoms. The third-order valence-electron chi connectivity index (χ3n) is 2.92. The predicted molar refractivity (Wildman–Crippen MR) is 71.6 cm³/mol. The number of hydrogen-bond acceptors (Lipinski definition) is 3. The summed E-state index contributed by atoms with van der Waals surface area (Å²) in [5.74, 6) is 1.15. The summed E-state index contributed by atoms with van der Waals surface area (Å²) in [6.07, 6.45) is 2.32. The van der Waals surface area contributed by atoms with Crippen LogP contribution in [0, 0.1) is 0 Å². The molecule has 0 atom stereocenters. The van der Waals surface area contributed by atoms with Crippen molar-refractivity contribution in [3.8, 4) is 5.75 Å². The number of nitrogens with zero attached hydrogens (tertiary/aromatic N) is 2. The van der Waals surface area contributed by atoms with Crippen LogP contribution in [0.4, 0.5) is 5.82 Å². The largest absolute Gasteiger partial charge is 0.506 e. The van der Waals surface area contributed by atoms with E-state index in [9.17, 15) is 5.11 Å². The first-order valence-electron chi connectivity index (χ1n) is 6.02. The van der Waals surface area contributed by atoms with Gasteiger partial charge in [-0.15, -0.1) is 0 Å². The Labute approximate surface area is 102 Å². The van der Waals surface area contributed by atoms with E-state index in [0.29, 0.717) is 5.52 Å². The quantitative estimate of drug-likeness (QED) is 0.876. The van der Waals surface area contributed by atoms with E-state index in [4.69, 9.17) is 0 Å². The minimum atomic E-state index is 0.244. The molecular formula is C14H18N2O. The summed E-state index contributed by atoms with van der Waals surface area (Å²) in [7, 11) is 2.03. The van der Waals surface area contributed by atoms with E-state index in [-0.39, 0.29) is 5.75 Å². The summed E-state index contributed by atoms with van der Waals surface area (Å²) in [6, 6.07) is 9.46. The van der Waals surface area contributed by atoms with Crippen LogP contribution in [-0.2, 0) is 0 Å². The number of hydrogen-bond donors (Lipinski definition) is 1. The molecule has 0 aliphatic heterocycles. The molecule has 3 heteroatoms. The monoisotopic (exact) mass is 230 g/mol. The zero-order chi connectivity index (χ0) is 12.3. The molecule has 2 rings (SSSR count). The van der Waals surface area contributed by atoms with Gasteiger partial charge in [0, 0.05) is 19.0 Å². The molecule has 90 valence electrons. The number of benzene rings is 1. The van der Waals surface area contributed by atoms with Crippen molar-refractivity contribution in [2.75, 3.05) is 18.5 Å². The van der Waals surface area contributed by atoms with Crippen LogP contribution in [-0.4, -0.2) is 23.7 Å². The fourth-order valence-electron chi connectivity index (χ4n) is 1.84. The maximum absolute atomic E-state index is 9.77. The number of anilines is 1. The van der Waals surface area contributed by atoms with E-state index in [1.807, 2.05) is 31.3 Å². The van der Waals surface area contributed by atoms with Gasteiger partial charge in [-0.05, 0) is 24.6 Å². The molecule has 0 spiro atoms. The van der Waals surface area contributed by atoms with Gasteiger partial charge in [0.05, 0.1) is 0 Å². The fraction of sp³-hybridized carbons (Fsp3) is 0.357. The summed E-state index contributed by atoms with van der Waals surface area (Å²) in [5, 5.41) is 10.7. The Bertz CT molecular complexity index is 511. The Kier molecular flexibility index (Phi) is 3.47. The third-order valence-corrected chi connectivity index (χ3v) is 2.92. The van der Waals surface area contributed by atoms with Crippen molar-refractivity contribution >= 4 is 16.7 Å². The average Bonchev–Trinajstić information content (AvgIpc) is 2.36. The Morgan fingerprint density at radius 1 is 1.24 bits per heavy atom. The van der Waals surface area contributed by atoms with Gasteiger partial charge in [0.1, 0.15) is 17.1 Å². The van der Waals surface area contributed by atoms with Crippen molar-refractivity contribution in [3.63, 3.8) is 0 Å². The standard InChI is InChI=1S/C14H18N2O/c1-3-4-10-16(2)13-9-8-11-6-5-7-12(17)14(11)15-13/h5-9,17H,3-4,10H2,1-2H3. The van der Waals surface area contributed by atoms with E-state index >= 15 is 0 Å². The van der Waals surface area contributed by atoms with Crippen molar-refractivity contribution < 1.29 is 5.11 Å². The van der Waals surface area contributed by atoms with Gasteiger partial charge >= 0.3 is 0 Å². The Hall–Kier alpha value is -1.77. The zero-order valence-corrected chi connectivity index (χ0v) is 10.3. The second kappa shape index (κ2) is 5.04. The fourth-order valence-corrected chi connectivity index (χ4v) is 1.84. The molecule has 1 aromatic heterocycles. The molecule has 0 amide bonds. The summed E-state index contributed by atoms with van der Waals surface area (Å²) in [6.45, 7) is 3.16. The number of pyridine rings is 1. The summed E-state index contributed by atoms with van der Waals surface area (Å²) in [5.41, 5.74) is 0.674. The highest BCUT2D eigenvalue weighted by molar-refractivity contribution is 5.85. The highest BCUT2D eigenvalue weighted by Gasteiger charge is 2.05. The third kappa shape index (κ3) is 2.49. The lowest BCUT2D eigenvalue weighted by atomic mass is 10.2. The van der Waals surface area contributed by atoms with Crippen LogP contribution in [0.1, 0.15) is 19.8 Å². The van der Waals surface area contributed by atoms with Gasteiger partial charge in [-0.3, -0.25) is 0 Å². The molecule has 0 aliphatic rings. The first-order valence-corrected chi connectivity index (χ1v) is 6.02. The number of phenols is 1. The highest BCUT2D eigenvalue weighted by atomic mass is 16.3. The number of fused-ring (bicyclic) bond motifs is 1. The Morgan fingerprint density at radius 2 is 2.06 bits per heavy atom. The lowest BCUT2D eigenvalue weighted by molar-refractivity contribution is 0.480. The molecule has 3 nitrogen and oxygen atoms in total. The van der Waals surface area contributed by atoms with Crippen molar-refractivity contribution in [3.05, 3.63) is 30.3 Å². The molecule has 1 heterocycles. The number of rotatable bonds is 4. The van der Waals surface area contributed by atoms with Crippen molar-refractivity contribution in [2.45, 2.75) is 19.8 Å². The number of aromatic nitrogens is 1. The second-order valence-corrected chi connectivity index (χ2v) is 4.29. The molecule has 0 unspecified atom stereocenters. The molecule has 1 aromatic carbocycles. The first kappa shape index (κ1) is 11.7. The van der Waals surface area contributed by atoms with Gasteiger partial charge in [-0.2, -0.15) is 0 Å². The van der Waals surface area contributed by atoms with E-state index in [1.54, 1.807) is 6.07 Å². The SMILES string of the molecule is CCCCN(C)c1ccc2cccc(O)c2n1. The topological polar surface area (TPSA) is 36.4 Å². The minimum absolute atomic E-state index is 0.244. The molecule has 0 saturated carbocycles.